The number of hydrogen-bond acceptors (Lipinski definition) is 3. The highest BCUT2D eigenvalue weighted by Gasteiger charge is 2.32. The Labute approximate surface area is 192 Å². The lowest BCUT2D eigenvalue weighted by Crippen LogP contribution is -2.57. The normalized spacial score (nSPS) is 12.8. The lowest BCUT2D eigenvalue weighted by Gasteiger charge is -2.27. The minimum absolute atomic E-state index is 0.00380. The number of alkyl halides is 1. The third-order valence-corrected chi connectivity index (χ3v) is 6.47. The first-order valence-electron chi connectivity index (χ1n) is 10.4. The van der Waals surface area contributed by atoms with E-state index < -0.39 is 28.6 Å². The van der Waals surface area contributed by atoms with Gasteiger partial charge in [0.15, 0.2) is 6.04 Å². The van der Waals surface area contributed by atoms with Crippen LogP contribution >= 0.6 is 15.9 Å². The van der Waals surface area contributed by atoms with E-state index in [0.717, 1.165) is 11.1 Å². The van der Waals surface area contributed by atoms with Crippen molar-refractivity contribution in [2.75, 3.05) is 13.1 Å². The molecule has 2 aromatic carbocycles. The molecule has 31 heavy (non-hydrogen) atoms. The average Bonchev–Trinajstić information content (AvgIpc) is 2.77. The highest BCUT2D eigenvalue weighted by atomic mass is 79.9. The van der Waals surface area contributed by atoms with E-state index in [1.165, 1.54) is 0 Å². The Balaban J connectivity index is 2.15. The first-order chi connectivity index (χ1) is 14.8. The number of primary amides is 1. The first-order valence-corrected chi connectivity index (χ1v) is 11.3. The average molecular weight is 488 g/mol. The predicted molar refractivity (Wildman–Crippen MR) is 126 cm³/mol. The van der Waals surface area contributed by atoms with E-state index in [9.17, 15) is 14.4 Å². The van der Waals surface area contributed by atoms with E-state index in [1.807, 2.05) is 74.5 Å². The van der Waals surface area contributed by atoms with Gasteiger partial charge >= 0.3 is 0 Å². The zero-order chi connectivity index (χ0) is 22.8. The number of halogens is 1. The summed E-state index contributed by atoms with van der Waals surface area (Å²) < 4.78 is 0. The van der Waals surface area contributed by atoms with Crippen molar-refractivity contribution in [3.8, 4) is 0 Å². The fraction of sp³-hybridized carbons (Fsp3) is 0.375. The fourth-order valence-corrected chi connectivity index (χ4v) is 3.24. The van der Waals surface area contributed by atoms with Crippen molar-refractivity contribution in [1.29, 1.82) is 0 Å². The van der Waals surface area contributed by atoms with Gasteiger partial charge in [-0.05, 0) is 29.9 Å². The Bertz CT molecular complexity index is 815. The molecule has 1 unspecified atom stereocenters. The Morgan fingerprint density at radius 2 is 1.35 bits per heavy atom. The van der Waals surface area contributed by atoms with Crippen LogP contribution in [0.25, 0.3) is 0 Å². The molecule has 2 rings (SSSR count). The summed E-state index contributed by atoms with van der Waals surface area (Å²) in [7, 11) is 0. The van der Waals surface area contributed by atoms with Crippen LogP contribution in [-0.4, -0.2) is 46.6 Å². The summed E-state index contributed by atoms with van der Waals surface area (Å²) >= 11 is 3.30. The molecule has 0 aliphatic carbocycles. The molecule has 0 radical (unpaired) electrons. The summed E-state index contributed by atoms with van der Waals surface area (Å²) in [5.74, 6) is -1.79. The van der Waals surface area contributed by atoms with E-state index in [4.69, 9.17) is 5.73 Å². The van der Waals surface area contributed by atoms with Crippen molar-refractivity contribution >= 4 is 33.7 Å². The first kappa shape index (κ1) is 24.6. The van der Waals surface area contributed by atoms with Gasteiger partial charge in [0, 0.05) is 13.1 Å². The van der Waals surface area contributed by atoms with Crippen molar-refractivity contribution in [3.05, 3.63) is 71.8 Å². The molecule has 2 aromatic rings. The van der Waals surface area contributed by atoms with E-state index in [0.29, 0.717) is 25.9 Å². The minimum Gasteiger partial charge on any atom is -0.367 e. The summed E-state index contributed by atoms with van der Waals surface area (Å²) in [5, 5.41) is 2.52. The molecule has 0 heterocycles. The second-order valence-corrected chi connectivity index (χ2v) is 8.77. The van der Waals surface area contributed by atoms with E-state index in [-0.39, 0.29) is 5.92 Å². The third kappa shape index (κ3) is 7.83. The van der Waals surface area contributed by atoms with Crippen molar-refractivity contribution in [3.63, 3.8) is 0 Å². The topological polar surface area (TPSA) is 92.5 Å². The van der Waals surface area contributed by atoms with Crippen molar-refractivity contribution in [2.24, 2.45) is 11.7 Å². The Hall–Kier alpha value is -2.67. The smallest absolute Gasteiger partial charge is 0.254 e. The number of hydrogen-bond donors (Lipinski definition) is 2. The van der Waals surface area contributed by atoms with Gasteiger partial charge in [0.1, 0.15) is 0 Å². The quantitative estimate of drug-likeness (QED) is 0.376. The molecule has 0 spiro atoms. The maximum Gasteiger partial charge on any atom is 0.254 e. The van der Waals surface area contributed by atoms with Gasteiger partial charge in [-0.2, -0.15) is 0 Å². The molecule has 3 N–H and O–H groups in total. The molecule has 0 fully saturated rings. The number of nitrogens with zero attached hydrogens (tertiary/aromatic N) is 1. The summed E-state index contributed by atoms with van der Waals surface area (Å²) in [6.45, 7) is 4.56. The van der Waals surface area contributed by atoms with E-state index >= 15 is 0 Å². The van der Waals surface area contributed by atoms with Gasteiger partial charge in [-0.15, -0.1) is 0 Å². The van der Waals surface area contributed by atoms with Gasteiger partial charge in [0.25, 0.3) is 5.91 Å². The molecule has 0 saturated heterocycles. The van der Waals surface area contributed by atoms with Gasteiger partial charge < -0.3 is 16.0 Å². The lowest BCUT2D eigenvalue weighted by molar-refractivity contribution is -0.141. The molecule has 0 aliphatic heterocycles. The lowest BCUT2D eigenvalue weighted by atomic mass is 10.1. The molecule has 6 nitrogen and oxygen atoms in total. The number of rotatable bonds is 11. The number of nitrogens with one attached hydrogen (secondary N) is 1. The highest BCUT2D eigenvalue weighted by molar-refractivity contribution is 9.10. The van der Waals surface area contributed by atoms with Gasteiger partial charge in [-0.3, -0.25) is 14.4 Å². The predicted octanol–water partition coefficient (Wildman–Crippen LogP) is 2.69. The van der Waals surface area contributed by atoms with Crippen LogP contribution in [0.2, 0.25) is 0 Å². The van der Waals surface area contributed by atoms with Crippen molar-refractivity contribution in [1.82, 2.24) is 10.2 Å². The Morgan fingerprint density at radius 1 is 0.903 bits per heavy atom. The monoisotopic (exact) mass is 487 g/mol. The standard InChI is InChI=1S/C24H30BrN3O3/c1-17(2)20(25)23(30)27-21(22(26)29)24(31)28(15-13-18-9-5-3-6-10-18)16-14-19-11-7-4-8-12-19/h3-12,17,20-21H,13-16H2,1-2H3,(H2,26,29)(H,27,30)/t20-,21?/m1/s1. The molecule has 0 aromatic heterocycles. The van der Waals surface area contributed by atoms with Crippen LogP contribution in [-0.2, 0) is 27.2 Å². The van der Waals surface area contributed by atoms with Crippen LogP contribution in [0.15, 0.2) is 60.7 Å². The van der Waals surface area contributed by atoms with Gasteiger partial charge in [-0.1, -0.05) is 90.4 Å². The zero-order valence-corrected chi connectivity index (χ0v) is 19.5. The van der Waals surface area contributed by atoms with Crippen LogP contribution in [0, 0.1) is 5.92 Å². The molecule has 7 heteroatoms. The number of carbonyl (C=O) groups is 3. The van der Waals surface area contributed by atoms with Gasteiger partial charge in [-0.25, -0.2) is 0 Å². The van der Waals surface area contributed by atoms with Crippen molar-refractivity contribution in [2.45, 2.75) is 37.6 Å². The number of nitrogens with two attached hydrogens (primary N) is 1. The Morgan fingerprint density at radius 3 is 1.74 bits per heavy atom. The summed E-state index contributed by atoms with van der Waals surface area (Å²) in [6, 6.07) is 18.2. The van der Waals surface area contributed by atoms with Crippen LogP contribution in [0.1, 0.15) is 25.0 Å². The van der Waals surface area contributed by atoms with Crippen molar-refractivity contribution < 1.29 is 14.4 Å². The fourth-order valence-electron chi connectivity index (χ4n) is 3.11. The van der Waals surface area contributed by atoms with Gasteiger partial charge in [0.2, 0.25) is 11.8 Å². The van der Waals surface area contributed by atoms with E-state index in [1.54, 1.807) is 4.90 Å². The second kappa shape index (κ2) is 12.2. The molecule has 0 aliphatic rings. The third-order valence-electron chi connectivity index (χ3n) is 4.99. The molecular formula is C24H30BrN3O3. The molecule has 0 saturated carbocycles. The number of carbonyl (C=O) groups excluding carboxylic acids is 3. The van der Waals surface area contributed by atoms with Crippen LogP contribution in [0.4, 0.5) is 0 Å². The molecule has 0 bridgehead atoms. The molecule has 166 valence electrons. The van der Waals surface area contributed by atoms with Gasteiger partial charge in [0.05, 0.1) is 4.83 Å². The van der Waals surface area contributed by atoms with Crippen LogP contribution < -0.4 is 11.1 Å². The molecule has 2 atom stereocenters. The SMILES string of the molecule is CC(C)[C@@H](Br)C(=O)NC(C(N)=O)C(=O)N(CCc1ccccc1)CCc1ccccc1. The Kier molecular flexibility index (Phi) is 9.72. The largest absolute Gasteiger partial charge is 0.367 e. The zero-order valence-electron chi connectivity index (χ0n) is 18.0. The number of benzene rings is 2. The van der Waals surface area contributed by atoms with E-state index in [2.05, 4.69) is 21.2 Å². The summed E-state index contributed by atoms with van der Waals surface area (Å²) in [4.78, 5) is 38.8. The maximum absolute atomic E-state index is 13.3. The minimum atomic E-state index is -1.40. The summed E-state index contributed by atoms with van der Waals surface area (Å²) in [5.41, 5.74) is 7.66. The molecular weight excluding hydrogens is 458 g/mol. The summed E-state index contributed by atoms with van der Waals surface area (Å²) in [6.07, 6.45) is 1.27. The highest BCUT2D eigenvalue weighted by Crippen LogP contribution is 2.13. The maximum atomic E-state index is 13.3. The number of amides is 3. The second-order valence-electron chi connectivity index (χ2n) is 7.79. The van der Waals surface area contributed by atoms with Crippen LogP contribution in [0.3, 0.4) is 0 Å². The molecule has 3 amide bonds. The van der Waals surface area contributed by atoms with Crippen LogP contribution in [0.5, 0.6) is 0 Å².